The number of carboxylic acid groups (broad SMARTS) is 1. The fourth-order valence-corrected chi connectivity index (χ4v) is 4.77. The van der Waals surface area contributed by atoms with Crippen LogP contribution in [0.4, 0.5) is 5.69 Å². The van der Waals surface area contributed by atoms with Crippen molar-refractivity contribution >= 4 is 39.0 Å². The summed E-state index contributed by atoms with van der Waals surface area (Å²) in [6, 6.07) is 10.6. The average molecular weight is 489 g/mol. The molecule has 1 unspecified atom stereocenters. The minimum atomic E-state index is -4.26. The van der Waals surface area contributed by atoms with Gasteiger partial charge in [-0.3, -0.25) is 4.79 Å². The molecule has 3 atom stereocenters. The monoisotopic (exact) mass is 488 g/mol. The highest BCUT2D eigenvalue weighted by Crippen LogP contribution is 2.32. The Morgan fingerprint density at radius 2 is 1.94 bits per heavy atom. The molecule has 1 aromatic heterocycles. The van der Waals surface area contributed by atoms with E-state index in [1.165, 1.54) is 6.07 Å². The summed E-state index contributed by atoms with van der Waals surface area (Å²) in [7, 11) is -0.637. The number of aromatic nitrogens is 2. The third-order valence-corrected chi connectivity index (χ3v) is 7.04. The van der Waals surface area contributed by atoms with Gasteiger partial charge < -0.3 is 24.1 Å². The average Bonchev–Trinajstić information content (AvgIpc) is 3.21. The van der Waals surface area contributed by atoms with Gasteiger partial charge in [0.05, 0.1) is 35.9 Å². The standard InChI is InChI=1S/C23H28N4O6S/c1-15(27-14-24-19-7-5-6-8-20(19)27)16(2)33-21-12-18(26(3)4)9-10-22(21)34(31,32)25-17(13-28)11-23(29)30/h5-10,12-17,25H,11H2,1-4H3,(H,29,30)/t15-,16+,17?/m0/s1. The highest BCUT2D eigenvalue weighted by molar-refractivity contribution is 7.89. The largest absolute Gasteiger partial charge is 0.487 e. The van der Waals surface area contributed by atoms with Crippen molar-refractivity contribution in [2.75, 3.05) is 19.0 Å². The Kier molecular flexibility index (Phi) is 7.57. The van der Waals surface area contributed by atoms with E-state index in [2.05, 4.69) is 9.71 Å². The van der Waals surface area contributed by atoms with Gasteiger partial charge in [0.25, 0.3) is 0 Å². The zero-order valence-electron chi connectivity index (χ0n) is 19.4. The van der Waals surface area contributed by atoms with Gasteiger partial charge in [-0.2, -0.15) is 0 Å². The van der Waals surface area contributed by atoms with Gasteiger partial charge in [0.2, 0.25) is 10.0 Å². The molecule has 0 saturated carbocycles. The predicted molar refractivity (Wildman–Crippen MR) is 128 cm³/mol. The van der Waals surface area contributed by atoms with Crippen molar-refractivity contribution in [3.63, 3.8) is 0 Å². The van der Waals surface area contributed by atoms with Crippen molar-refractivity contribution in [2.45, 2.75) is 43.4 Å². The maximum absolute atomic E-state index is 13.1. The number of carbonyl (C=O) groups excluding carboxylic acids is 1. The van der Waals surface area contributed by atoms with Gasteiger partial charge in [0.1, 0.15) is 23.0 Å². The summed E-state index contributed by atoms with van der Waals surface area (Å²) >= 11 is 0. The molecule has 34 heavy (non-hydrogen) atoms. The number of nitrogens with one attached hydrogen (secondary N) is 1. The summed E-state index contributed by atoms with van der Waals surface area (Å²) in [4.78, 5) is 28.2. The van der Waals surface area contributed by atoms with Gasteiger partial charge in [0.15, 0.2) is 0 Å². The second-order valence-electron chi connectivity index (χ2n) is 8.19. The van der Waals surface area contributed by atoms with Crippen molar-refractivity contribution < 1.29 is 27.9 Å². The number of benzene rings is 2. The molecule has 0 radical (unpaired) electrons. The van der Waals surface area contributed by atoms with Crippen molar-refractivity contribution in [1.82, 2.24) is 14.3 Å². The number of aldehydes is 1. The number of aliphatic carboxylic acids is 1. The molecule has 0 spiro atoms. The van der Waals surface area contributed by atoms with E-state index in [1.54, 1.807) is 23.4 Å². The topological polar surface area (TPSA) is 131 Å². The van der Waals surface area contributed by atoms with Gasteiger partial charge in [-0.05, 0) is 38.1 Å². The molecule has 3 aromatic rings. The normalized spacial score (nSPS) is 14.4. The highest BCUT2D eigenvalue weighted by Gasteiger charge is 2.27. The van der Waals surface area contributed by atoms with E-state index in [0.717, 1.165) is 11.0 Å². The molecule has 3 rings (SSSR count). The number of nitrogens with zero attached hydrogens (tertiary/aromatic N) is 3. The fourth-order valence-electron chi connectivity index (χ4n) is 3.49. The van der Waals surface area contributed by atoms with Crippen molar-refractivity contribution in [3.05, 3.63) is 48.8 Å². The molecule has 1 heterocycles. The van der Waals surface area contributed by atoms with Crippen LogP contribution >= 0.6 is 0 Å². The number of hydrogen-bond donors (Lipinski definition) is 2. The molecular weight excluding hydrogens is 460 g/mol. The second-order valence-corrected chi connectivity index (χ2v) is 9.87. The highest BCUT2D eigenvalue weighted by atomic mass is 32.2. The molecule has 11 heteroatoms. The lowest BCUT2D eigenvalue weighted by molar-refractivity contribution is -0.138. The Bertz CT molecular complexity index is 1290. The molecule has 0 fully saturated rings. The van der Waals surface area contributed by atoms with E-state index in [9.17, 15) is 18.0 Å². The Morgan fingerprint density at radius 3 is 2.59 bits per heavy atom. The zero-order chi connectivity index (χ0) is 25.0. The summed E-state index contributed by atoms with van der Waals surface area (Å²) in [6.45, 7) is 3.76. The molecule has 0 aliphatic heterocycles. The molecule has 10 nitrogen and oxygen atoms in total. The number of sulfonamides is 1. The van der Waals surface area contributed by atoms with Crippen LogP contribution in [0.15, 0.2) is 53.7 Å². The summed E-state index contributed by atoms with van der Waals surface area (Å²) in [5, 5.41) is 8.95. The zero-order valence-corrected chi connectivity index (χ0v) is 20.2. The number of ether oxygens (including phenoxy) is 1. The first-order valence-corrected chi connectivity index (χ1v) is 12.1. The van der Waals surface area contributed by atoms with Gasteiger partial charge in [-0.15, -0.1) is 0 Å². The van der Waals surface area contributed by atoms with Crippen LogP contribution in [-0.4, -0.2) is 61.6 Å². The quantitative estimate of drug-likeness (QED) is 0.394. The van der Waals surface area contributed by atoms with E-state index >= 15 is 0 Å². The Hall–Kier alpha value is -3.44. The summed E-state index contributed by atoms with van der Waals surface area (Å²) < 4.78 is 36.4. The van der Waals surface area contributed by atoms with Gasteiger partial charge in [-0.25, -0.2) is 18.1 Å². The second kappa shape index (κ2) is 10.2. The summed E-state index contributed by atoms with van der Waals surface area (Å²) in [5.41, 5.74) is 2.46. The minimum absolute atomic E-state index is 0.0856. The number of carboxylic acids is 1. The lowest BCUT2D eigenvalue weighted by Gasteiger charge is -2.26. The molecule has 0 bridgehead atoms. The van der Waals surface area contributed by atoms with Crippen LogP contribution in [0.3, 0.4) is 0 Å². The Balaban J connectivity index is 1.95. The van der Waals surface area contributed by atoms with Crippen LogP contribution in [0.1, 0.15) is 26.3 Å². The van der Waals surface area contributed by atoms with E-state index < -0.39 is 34.6 Å². The van der Waals surface area contributed by atoms with Crippen LogP contribution in [0, 0.1) is 0 Å². The molecule has 0 amide bonds. The van der Waals surface area contributed by atoms with E-state index in [0.29, 0.717) is 5.69 Å². The molecule has 2 aromatic carbocycles. The Morgan fingerprint density at radius 1 is 1.24 bits per heavy atom. The first-order valence-electron chi connectivity index (χ1n) is 10.6. The third-order valence-electron chi connectivity index (χ3n) is 5.51. The molecule has 0 saturated heterocycles. The molecule has 2 N–H and O–H groups in total. The minimum Gasteiger partial charge on any atom is -0.487 e. The van der Waals surface area contributed by atoms with Gasteiger partial charge in [-0.1, -0.05) is 12.1 Å². The smallest absolute Gasteiger partial charge is 0.305 e. The predicted octanol–water partition coefficient (Wildman–Crippen LogP) is 2.45. The van der Waals surface area contributed by atoms with Crippen molar-refractivity contribution in [1.29, 1.82) is 0 Å². The van der Waals surface area contributed by atoms with E-state index in [-0.39, 0.29) is 23.0 Å². The van der Waals surface area contributed by atoms with Gasteiger partial charge >= 0.3 is 5.97 Å². The maximum Gasteiger partial charge on any atom is 0.305 e. The van der Waals surface area contributed by atoms with Crippen LogP contribution in [-0.2, 0) is 19.6 Å². The molecule has 182 valence electrons. The van der Waals surface area contributed by atoms with Crippen LogP contribution < -0.4 is 14.4 Å². The van der Waals surface area contributed by atoms with Gasteiger partial charge in [0, 0.05) is 25.8 Å². The SMILES string of the molecule is C[C@@H](Oc1cc(N(C)C)ccc1S(=O)(=O)NC(C=O)CC(=O)O)[C@H](C)n1cnc2ccccc21. The fraction of sp³-hybridized carbons (Fsp3) is 0.348. The first kappa shape index (κ1) is 25.2. The van der Waals surface area contributed by atoms with E-state index in [1.807, 2.05) is 56.8 Å². The Labute approximate surface area is 198 Å². The number of carbonyl (C=O) groups is 2. The summed E-state index contributed by atoms with van der Waals surface area (Å²) in [6.07, 6.45) is 0.834. The number of hydrogen-bond acceptors (Lipinski definition) is 7. The van der Waals surface area contributed by atoms with Crippen LogP contribution in [0.25, 0.3) is 11.0 Å². The van der Waals surface area contributed by atoms with Crippen LogP contribution in [0.5, 0.6) is 5.75 Å². The maximum atomic E-state index is 13.1. The van der Waals surface area contributed by atoms with Crippen molar-refractivity contribution in [3.8, 4) is 5.75 Å². The number of fused-ring (bicyclic) bond motifs is 1. The number of anilines is 1. The molecular formula is C23H28N4O6S. The van der Waals surface area contributed by atoms with Crippen molar-refractivity contribution in [2.24, 2.45) is 0 Å². The van der Waals surface area contributed by atoms with E-state index in [4.69, 9.17) is 9.84 Å². The lowest BCUT2D eigenvalue weighted by Crippen LogP contribution is -2.38. The first-order chi connectivity index (χ1) is 16.0. The molecule has 0 aliphatic carbocycles. The summed E-state index contributed by atoms with van der Waals surface area (Å²) in [5.74, 6) is -1.21. The number of rotatable bonds is 11. The molecule has 0 aliphatic rings. The number of para-hydroxylation sites is 2. The number of imidazole rings is 1. The van der Waals surface area contributed by atoms with Crippen LogP contribution in [0.2, 0.25) is 0 Å². The lowest BCUT2D eigenvalue weighted by atomic mass is 10.2. The third kappa shape index (κ3) is 5.54.